The fourth-order valence-electron chi connectivity index (χ4n) is 2.81. The molecule has 0 atom stereocenters. The lowest BCUT2D eigenvalue weighted by Crippen LogP contribution is -2.34. The largest absolute Gasteiger partial charge is 0.342 e. The number of hydrogen-bond donors (Lipinski definition) is 1. The number of para-hydroxylation sites is 1. The topological polar surface area (TPSA) is 67.2 Å². The molecule has 24 heavy (non-hydrogen) atoms. The highest BCUT2D eigenvalue weighted by atomic mass is 19.1. The summed E-state index contributed by atoms with van der Waals surface area (Å²) in [6.45, 7) is 3.17. The summed E-state index contributed by atoms with van der Waals surface area (Å²) >= 11 is 0. The highest BCUT2D eigenvalue weighted by Gasteiger charge is 2.20. The van der Waals surface area contributed by atoms with E-state index in [1.807, 2.05) is 4.90 Å². The first kappa shape index (κ1) is 16.2. The van der Waals surface area contributed by atoms with Gasteiger partial charge in [0.2, 0.25) is 11.9 Å². The number of carbonyl (C=O) groups is 1. The van der Waals surface area contributed by atoms with Gasteiger partial charge in [-0.1, -0.05) is 12.1 Å². The number of aromatic nitrogens is 2. The van der Waals surface area contributed by atoms with Crippen LogP contribution < -0.4 is 15.8 Å². The smallest absolute Gasteiger partial charge is 0.255 e. The molecular weight excluding hydrogens is 311 g/mol. The fourth-order valence-corrected chi connectivity index (χ4v) is 2.81. The van der Waals surface area contributed by atoms with E-state index in [2.05, 4.69) is 10.3 Å². The Balaban J connectivity index is 1.85. The van der Waals surface area contributed by atoms with Crippen LogP contribution in [-0.4, -0.2) is 28.5 Å². The van der Waals surface area contributed by atoms with Crippen molar-refractivity contribution in [2.45, 2.75) is 26.3 Å². The summed E-state index contributed by atoms with van der Waals surface area (Å²) in [5.74, 6) is -0.477. The van der Waals surface area contributed by atoms with Crippen molar-refractivity contribution in [2.75, 3.05) is 23.3 Å². The zero-order valence-electron chi connectivity index (χ0n) is 13.5. The van der Waals surface area contributed by atoms with E-state index in [1.54, 1.807) is 19.1 Å². The minimum atomic E-state index is -0.514. The lowest BCUT2D eigenvalue weighted by atomic mass is 10.3. The number of nitrogens with zero attached hydrogens (tertiary/aromatic N) is 3. The van der Waals surface area contributed by atoms with Gasteiger partial charge in [0.05, 0.1) is 5.69 Å². The molecule has 0 aliphatic carbocycles. The van der Waals surface area contributed by atoms with E-state index in [0.29, 0.717) is 11.6 Å². The number of halogens is 1. The van der Waals surface area contributed by atoms with E-state index >= 15 is 0 Å². The Morgan fingerprint density at radius 2 is 2.00 bits per heavy atom. The van der Waals surface area contributed by atoms with E-state index < -0.39 is 11.7 Å². The van der Waals surface area contributed by atoms with Crippen molar-refractivity contribution in [3.63, 3.8) is 0 Å². The number of hydrogen-bond acceptors (Lipinski definition) is 4. The molecule has 2 aromatic rings. The van der Waals surface area contributed by atoms with Crippen molar-refractivity contribution in [3.05, 3.63) is 52.2 Å². The van der Waals surface area contributed by atoms with Gasteiger partial charge in [-0.2, -0.15) is 0 Å². The van der Waals surface area contributed by atoms with Crippen LogP contribution in [0.2, 0.25) is 0 Å². The molecule has 3 rings (SSSR count). The van der Waals surface area contributed by atoms with Crippen LogP contribution >= 0.6 is 0 Å². The maximum Gasteiger partial charge on any atom is 0.255 e. The van der Waals surface area contributed by atoms with E-state index in [-0.39, 0.29) is 17.8 Å². The lowest BCUT2D eigenvalue weighted by molar-refractivity contribution is -0.116. The van der Waals surface area contributed by atoms with Crippen molar-refractivity contribution < 1.29 is 9.18 Å². The number of benzene rings is 1. The van der Waals surface area contributed by atoms with Crippen LogP contribution in [0.15, 0.2) is 35.1 Å². The minimum Gasteiger partial charge on any atom is -0.342 e. The second-order valence-electron chi connectivity index (χ2n) is 5.84. The highest BCUT2D eigenvalue weighted by molar-refractivity contribution is 5.90. The Bertz CT molecular complexity index is 812. The summed E-state index contributed by atoms with van der Waals surface area (Å²) in [5.41, 5.74) is 0.430. The van der Waals surface area contributed by atoms with Crippen molar-refractivity contribution in [1.82, 2.24) is 9.55 Å². The molecular formula is C17H19FN4O2. The third-order valence-electron chi connectivity index (χ3n) is 3.95. The molecule has 126 valence electrons. The van der Waals surface area contributed by atoms with Crippen LogP contribution in [0.5, 0.6) is 0 Å². The molecule has 6 nitrogen and oxygen atoms in total. The van der Waals surface area contributed by atoms with Gasteiger partial charge >= 0.3 is 0 Å². The third-order valence-corrected chi connectivity index (χ3v) is 3.95. The standard InChI is InChI=1S/C17H19FN4O2/c1-12-10-16(24)22(17(19-12)21-8-4-5-9-21)11-15(23)20-14-7-3-2-6-13(14)18/h2-3,6-7,10H,4-5,8-9,11H2,1H3,(H,20,23). The number of rotatable bonds is 4. The number of carbonyl (C=O) groups excluding carboxylic acids is 1. The average molecular weight is 330 g/mol. The number of aryl methyl sites for hydroxylation is 1. The van der Waals surface area contributed by atoms with Crippen LogP contribution in [0.25, 0.3) is 0 Å². The van der Waals surface area contributed by atoms with E-state index in [4.69, 9.17) is 0 Å². The summed E-state index contributed by atoms with van der Waals surface area (Å²) < 4.78 is 15.0. The Morgan fingerprint density at radius 1 is 1.29 bits per heavy atom. The van der Waals surface area contributed by atoms with Crippen LogP contribution in [0.4, 0.5) is 16.0 Å². The summed E-state index contributed by atoms with van der Waals surface area (Å²) in [5, 5.41) is 2.50. The van der Waals surface area contributed by atoms with Gasteiger partial charge < -0.3 is 10.2 Å². The van der Waals surface area contributed by atoms with Crippen LogP contribution in [0, 0.1) is 12.7 Å². The second kappa shape index (κ2) is 6.82. The molecule has 0 unspecified atom stereocenters. The predicted molar refractivity (Wildman–Crippen MR) is 89.7 cm³/mol. The Labute approximate surface area is 138 Å². The lowest BCUT2D eigenvalue weighted by Gasteiger charge is -2.21. The van der Waals surface area contributed by atoms with Gasteiger partial charge in [-0.3, -0.25) is 14.2 Å². The number of amides is 1. The summed E-state index contributed by atoms with van der Waals surface area (Å²) in [4.78, 5) is 31.0. The molecule has 1 aliphatic heterocycles. The normalized spacial score (nSPS) is 14.0. The minimum absolute atomic E-state index is 0.0957. The molecule has 1 aliphatic rings. The van der Waals surface area contributed by atoms with Crippen LogP contribution in [-0.2, 0) is 11.3 Å². The molecule has 0 saturated carbocycles. The quantitative estimate of drug-likeness (QED) is 0.930. The van der Waals surface area contributed by atoms with Gasteiger partial charge in [-0.25, -0.2) is 9.37 Å². The van der Waals surface area contributed by atoms with Crippen LogP contribution in [0.3, 0.4) is 0 Å². The third kappa shape index (κ3) is 3.45. The first-order valence-electron chi connectivity index (χ1n) is 7.92. The second-order valence-corrected chi connectivity index (χ2v) is 5.84. The zero-order valence-corrected chi connectivity index (χ0v) is 13.5. The monoisotopic (exact) mass is 330 g/mol. The van der Waals surface area contributed by atoms with Gasteiger partial charge in [0.1, 0.15) is 12.4 Å². The first-order valence-corrected chi connectivity index (χ1v) is 7.92. The van der Waals surface area contributed by atoms with Gasteiger partial charge in [0, 0.05) is 24.8 Å². The summed E-state index contributed by atoms with van der Waals surface area (Å²) in [6, 6.07) is 7.32. The SMILES string of the molecule is Cc1cc(=O)n(CC(=O)Nc2ccccc2F)c(N2CCCC2)n1. The predicted octanol–water partition coefficient (Wildman–Crippen LogP) is 1.93. The molecule has 0 radical (unpaired) electrons. The van der Waals surface area contributed by atoms with E-state index in [9.17, 15) is 14.0 Å². The van der Waals surface area contributed by atoms with Crippen molar-refractivity contribution in [3.8, 4) is 0 Å². The fraction of sp³-hybridized carbons (Fsp3) is 0.353. The average Bonchev–Trinajstić information content (AvgIpc) is 3.06. The number of nitrogens with one attached hydrogen (secondary N) is 1. The van der Waals surface area contributed by atoms with Crippen molar-refractivity contribution in [2.24, 2.45) is 0 Å². The molecule has 1 amide bonds. The molecule has 1 aromatic heterocycles. The Hall–Kier alpha value is -2.70. The molecule has 1 N–H and O–H groups in total. The van der Waals surface area contributed by atoms with Crippen LogP contribution in [0.1, 0.15) is 18.5 Å². The molecule has 1 saturated heterocycles. The first-order chi connectivity index (χ1) is 11.5. The molecule has 0 spiro atoms. The summed E-state index contributed by atoms with van der Waals surface area (Å²) in [7, 11) is 0. The Morgan fingerprint density at radius 3 is 2.71 bits per heavy atom. The van der Waals surface area contributed by atoms with Crippen molar-refractivity contribution >= 4 is 17.5 Å². The molecule has 7 heteroatoms. The molecule has 2 heterocycles. The van der Waals surface area contributed by atoms with Gasteiger partial charge in [-0.05, 0) is 31.9 Å². The molecule has 1 fully saturated rings. The highest BCUT2D eigenvalue weighted by Crippen LogP contribution is 2.17. The van der Waals surface area contributed by atoms with E-state index in [1.165, 1.54) is 22.8 Å². The van der Waals surface area contributed by atoms with Gasteiger partial charge in [-0.15, -0.1) is 0 Å². The van der Waals surface area contributed by atoms with Crippen molar-refractivity contribution in [1.29, 1.82) is 0 Å². The maximum absolute atomic E-state index is 13.6. The number of anilines is 2. The Kier molecular flexibility index (Phi) is 4.59. The zero-order chi connectivity index (χ0) is 17.1. The summed E-state index contributed by atoms with van der Waals surface area (Å²) in [6.07, 6.45) is 2.07. The van der Waals surface area contributed by atoms with E-state index in [0.717, 1.165) is 25.9 Å². The van der Waals surface area contributed by atoms with Gasteiger partial charge in [0.15, 0.2) is 0 Å². The molecule has 1 aromatic carbocycles. The molecule has 0 bridgehead atoms. The maximum atomic E-state index is 13.6. The van der Waals surface area contributed by atoms with Gasteiger partial charge in [0.25, 0.3) is 5.56 Å².